The van der Waals surface area contributed by atoms with E-state index in [0.717, 1.165) is 11.1 Å². The van der Waals surface area contributed by atoms with Crippen molar-refractivity contribution >= 4 is 23.5 Å². The Morgan fingerprint density at radius 1 is 1.08 bits per heavy atom. The Morgan fingerprint density at radius 3 is 2.35 bits per heavy atom. The highest BCUT2D eigenvalue weighted by atomic mass is 35.5. The zero-order valence-electron chi connectivity index (χ0n) is 14.9. The van der Waals surface area contributed by atoms with Crippen LogP contribution in [-0.4, -0.2) is 35.5 Å². The maximum absolute atomic E-state index is 13.1. The largest absolute Gasteiger partial charge is 0.326 e. The maximum Gasteiger partial charge on any atom is 0.326 e. The SMILES string of the molecule is CCC1(c2ccccc2)NC(=O)N(CN(C)Cc2ccc(Cl)cc2)C1=O. The first-order chi connectivity index (χ1) is 12.5. The van der Waals surface area contributed by atoms with Crippen LogP contribution < -0.4 is 5.32 Å². The molecule has 1 aliphatic rings. The number of halogens is 1. The van der Waals surface area contributed by atoms with Crippen LogP contribution >= 0.6 is 11.6 Å². The lowest BCUT2D eigenvalue weighted by Gasteiger charge is -2.27. The average Bonchev–Trinajstić information content (AvgIpc) is 2.89. The van der Waals surface area contributed by atoms with E-state index in [9.17, 15) is 9.59 Å². The van der Waals surface area contributed by atoms with Gasteiger partial charge in [-0.25, -0.2) is 9.69 Å². The summed E-state index contributed by atoms with van der Waals surface area (Å²) in [6.07, 6.45) is 0.499. The number of rotatable bonds is 6. The molecule has 0 spiro atoms. The van der Waals surface area contributed by atoms with Crippen molar-refractivity contribution in [3.8, 4) is 0 Å². The van der Waals surface area contributed by atoms with Crippen LogP contribution in [0.3, 0.4) is 0 Å². The van der Waals surface area contributed by atoms with Crippen molar-refractivity contribution in [2.75, 3.05) is 13.7 Å². The van der Waals surface area contributed by atoms with Gasteiger partial charge >= 0.3 is 6.03 Å². The molecule has 1 unspecified atom stereocenters. The molecule has 1 N–H and O–H groups in total. The smallest absolute Gasteiger partial charge is 0.319 e. The zero-order chi connectivity index (χ0) is 18.7. The molecule has 2 aromatic carbocycles. The highest BCUT2D eigenvalue weighted by molar-refractivity contribution is 6.30. The fraction of sp³-hybridized carbons (Fsp3) is 0.300. The van der Waals surface area contributed by atoms with Gasteiger partial charge in [-0.3, -0.25) is 9.69 Å². The molecule has 0 bridgehead atoms. The molecule has 1 saturated heterocycles. The monoisotopic (exact) mass is 371 g/mol. The van der Waals surface area contributed by atoms with Crippen molar-refractivity contribution < 1.29 is 9.59 Å². The van der Waals surface area contributed by atoms with E-state index in [2.05, 4.69) is 5.32 Å². The molecule has 2 aromatic rings. The Kier molecular flexibility index (Phi) is 5.30. The molecule has 1 atom stereocenters. The number of nitrogens with one attached hydrogen (secondary N) is 1. The second-order valence-corrected chi connectivity index (χ2v) is 7.01. The van der Waals surface area contributed by atoms with E-state index in [0.29, 0.717) is 18.0 Å². The van der Waals surface area contributed by atoms with Crippen molar-refractivity contribution in [1.82, 2.24) is 15.1 Å². The lowest BCUT2D eigenvalue weighted by Crippen LogP contribution is -2.44. The highest BCUT2D eigenvalue weighted by Gasteiger charge is 2.51. The standard InChI is InChI=1S/C20H22ClN3O2/c1-3-20(16-7-5-4-6-8-16)18(25)24(19(26)22-20)14-23(2)13-15-9-11-17(21)12-10-15/h4-12H,3,13-14H2,1-2H3,(H,22,26). The molecule has 1 fully saturated rings. The van der Waals surface area contributed by atoms with Crippen molar-refractivity contribution in [2.24, 2.45) is 0 Å². The van der Waals surface area contributed by atoms with Gasteiger partial charge in [0.05, 0.1) is 6.67 Å². The summed E-state index contributed by atoms with van der Waals surface area (Å²) in [5.41, 5.74) is 0.886. The first kappa shape index (κ1) is 18.4. The molecule has 1 aliphatic heterocycles. The molecule has 0 aliphatic carbocycles. The third kappa shape index (κ3) is 3.45. The number of urea groups is 1. The van der Waals surface area contributed by atoms with Gasteiger partial charge in [-0.1, -0.05) is 61.0 Å². The third-order valence-electron chi connectivity index (χ3n) is 4.72. The minimum absolute atomic E-state index is 0.209. The van der Waals surface area contributed by atoms with E-state index in [-0.39, 0.29) is 18.6 Å². The Bertz CT molecular complexity index is 794. The quantitative estimate of drug-likeness (QED) is 0.789. The van der Waals surface area contributed by atoms with E-state index in [1.807, 2.05) is 73.5 Å². The van der Waals surface area contributed by atoms with Crippen molar-refractivity contribution in [3.63, 3.8) is 0 Å². The van der Waals surface area contributed by atoms with Crippen LogP contribution in [0, 0.1) is 0 Å². The number of carbonyl (C=O) groups is 2. The summed E-state index contributed by atoms with van der Waals surface area (Å²) in [6.45, 7) is 2.74. The Labute approximate surface area is 158 Å². The number of benzene rings is 2. The van der Waals surface area contributed by atoms with E-state index in [1.54, 1.807) is 0 Å². The van der Waals surface area contributed by atoms with Crippen LogP contribution in [0.1, 0.15) is 24.5 Å². The summed E-state index contributed by atoms with van der Waals surface area (Å²) in [5, 5.41) is 3.58. The summed E-state index contributed by atoms with van der Waals surface area (Å²) in [5.74, 6) is -0.209. The number of hydrogen-bond donors (Lipinski definition) is 1. The van der Waals surface area contributed by atoms with Crippen LogP contribution in [0.5, 0.6) is 0 Å². The van der Waals surface area contributed by atoms with Crippen molar-refractivity contribution in [1.29, 1.82) is 0 Å². The molecule has 136 valence electrons. The summed E-state index contributed by atoms with van der Waals surface area (Å²) in [4.78, 5) is 28.8. The predicted octanol–water partition coefficient (Wildman–Crippen LogP) is 3.59. The molecule has 3 amide bonds. The highest BCUT2D eigenvalue weighted by Crippen LogP contribution is 2.32. The summed E-state index contributed by atoms with van der Waals surface area (Å²) < 4.78 is 0. The van der Waals surface area contributed by atoms with Gasteiger partial charge in [0.25, 0.3) is 5.91 Å². The molecule has 0 saturated carbocycles. The van der Waals surface area contributed by atoms with E-state index < -0.39 is 5.54 Å². The number of hydrogen-bond acceptors (Lipinski definition) is 3. The number of carbonyl (C=O) groups excluding carboxylic acids is 2. The van der Waals surface area contributed by atoms with Gasteiger partial charge in [0, 0.05) is 11.6 Å². The molecule has 3 rings (SSSR count). The Balaban J connectivity index is 1.75. The maximum atomic E-state index is 13.1. The third-order valence-corrected chi connectivity index (χ3v) is 4.97. The van der Waals surface area contributed by atoms with Gasteiger partial charge < -0.3 is 5.32 Å². The van der Waals surface area contributed by atoms with E-state index >= 15 is 0 Å². The Hall–Kier alpha value is -2.37. The van der Waals surface area contributed by atoms with Gasteiger partial charge in [-0.05, 0) is 36.7 Å². The molecule has 26 heavy (non-hydrogen) atoms. The molecular formula is C20H22ClN3O2. The first-order valence-electron chi connectivity index (χ1n) is 8.59. The van der Waals surface area contributed by atoms with Gasteiger partial charge in [-0.15, -0.1) is 0 Å². The average molecular weight is 372 g/mol. The fourth-order valence-corrected chi connectivity index (χ4v) is 3.44. The van der Waals surface area contributed by atoms with Crippen molar-refractivity contribution in [3.05, 3.63) is 70.7 Å². The van der Waals surface area contributed by atoms with Crippen molar-refractivity contribution in [2.45, 2.75) is 25.4 Å². The van der Waals surface area contributed by atoms with Gasteiger partial charge in [0.15, 0.2) is 0 Å². The zero-order valence-corrected chi connectivity index (χ0v) is 15.7. The molecular weight excluding hydrogens is 350 g/mol. The molecule has 5 nitrogen and oxygen atoms in total. The van der Waals surface area contributed by atoms with Crippen LogP contribution in [0.25, 0.3) is 0 Å². The minimum atomic E-state index is -0.987. The molecule has 0 radical (unpaired) electrons. The predicted molar refractivity (Wildman–Crippen MR) is 102 cm³/mol. The van der Waals surface area contributed by atoms with Crippen LogP contribution in [-0.2, 0) is 16.9 Å². The van der Waals surface area contributed by atoms with Gasteiger partial charge in [0.1, 0.15) is 5.54 Å². The summed E-state index contributed by atoms with van der Waals surface area (Å²) >= 11 is 5.91. The number of amides is 3. The van der Waals surface area contributed by atoms with Gasteiger partial charge in [0.2, 0.25) is 0 Å². The topological polar surface area (TPSA) is 52.7 Å². The number of nitrogens with zero attached hydrogens (tertiary/aromatic N) is 2. The normalized spacial score (nSPS) is 19.9. The van der Waals surface area contributed by atoms with E-state index in [1.165, 1.54) is 4.90 Å². The molecule has 1 heterocycles. The fourth-order valence-electron chi connectivity index (χ4n) is 3.31. The lowest BCUT2D eigenvalue weighted by atomic mass is 9.87. The van der Waals surface area contributed by atoms with Crippen LogP contribution in [0.2, 0.25) is 5.02 Å². The molecule has 0 aromatic heterocycles. The first-order valence-corrected chi connectivity index (χ1v) is 8.96. The van der Waals surface area contributed by atoms with Crippen LogP contribution in [0.15, 0.2) is 54.6 Å². The van der Waals surface area contributed by atoms with Gasteiger partial charge in [-0.2, -0.15) is 0 Å². The van der Waals surface area contributed by atoms with E-state index in [4.69, 9.17) is 11.6 Å². The number of imide groups is 1. The molecule has 6 heteroatoms. The lowest BCUT2D eigenvalue weighted by molar-refractivity contribution is -0.133. The second-order valence-electron chi connectivity index (χ2n) is 6.57. The van der Waals surface area contributed by atoms with Crippen LogP contribution in [0.4, 0.5) is 4.79 Å². The second kappa shape index (κ2) is 7.48. The summed E-state index contributed by atoms with van der Waals surface area (Å²) in [6, 6.07) is 16.6. The summed E-state index contributed by atoms with van der Waals surface area (Å²) in [7, 11) is 1.88. The minimum Gasteiger partial charge on any atom is -0.319 e. The Morgan fingerprint density at radius 2 is 1.73 bits per heavy atom.